The third-order valence-corrected chi connectivity index (χ3v) is 4.16. The molecular formula is C21H16FN3O. The predicted octanol–water partition coefficient (Wildman–Crippen LogP) is 4.81. The fourth-order valence-corrected chi connectivity index (χ4v) is 2.92. The van der Waals surface area contributed by atoms with Gasteiger partial charge < -0.3 is 4.74 Å². The SMILES string of the molecule is COc1cccc(-c2nc(-c3cccc(C)n3)nc3ccccc23)c1F. The highest BCUT2D eigenvalue weighted by atomic mass is 19.1. The molecule has 0 aliphatic heterocycles. The summed E-state index contributed by atoms with van der Waals surface area (Å²) in [7, 11) is 1.45. The Bertz CT molecular complexity index is 1110. The third-order valence-electron chi connectivity index (χ3n) is 4.16. The summed E-state index contributed by atoms with van der Waals surface area (Å²) in [5.74, 6) is 0.201. The monoisotopic (exact) mass is 345 g/mol. The number of nitrogens with zero attached hydrogens (tertiary/aromatic N) is 3. The zero-order valence-electron chi connectivity index (χ0n) is 14.4. The summed E-state index contributed by atoms with van der Waals surface area (Å²) in [6.45, 7) is 1.91. The van der Waals surface area contributed by atoms with E-state index in [0.717, 1.165) is 16.6 Å². The van der Waals surface area contributed by atoms with E-state index >= 15 is 0 Å². The van der Waals surface area contributed by atoms with Gasteiger partial charge in [0, 0.05) is 16.6 Å². The Morgan fingerprint density at radius 2 is 1.65 bits per heavy atom. The molecule has 0 N–H and O–H groups in total. The number of fused-ring (bicyclic) bond motifs is 1. The van der Waals surface area contributed by atoms with E-state index in [2.05, 4.69) is 15.0 Å². The minimum atomic E-state index is -0.443. The first kappa shape index (κ1) is 16.1. The van der Waals surface area contributed by atoms with Gasteiger partial charge in [-0.3, -0.25) is 0 Å². The van der Waals surface area contributed by atoms with Gasteiger partial charge in [-0.1, -0.05) is 30.3 Å². The molecule has 0 amide bonds. The summed E-state index contributed by atoms with van der Waals surface area (Å²) in [5, 5.41) is 0.774. The summed E-state index contributed by atoms with van der Waals surface area (Å²) < 4.78 is 20.0. The van der Waals surface area contributed by atoms with Gasteiger partial charge in [-0.15, -0.1) is 0 Å². The molecule has 0 aliphatic carbocycles. The Morgan fingerprint density at radius 1 is 0.846 bits per heavy atom. The van der Waals surface area contributed by atoms with Crippen molar-refractivity contribution in [3.63, 3.8) is 0 Å². The van der Waals surface area contributed by atoms with Crippen LogP contribution in [0.3, 0.4) is 0 Å². The largest absolute Gasteiger partial charge is 0.494 e. The Labute approximate surface area is 150 Å². The quantitative estimate of drug-likeness (QED) is 0.534. The molecule has 4 aromatic rings. The van der Waals surface area contributed by atoms with Gasteiger partial charge in [0.05, 0.1) is 18.3 Å². The maximum Gasteiger partial charge on any atom is 0.179 e. The Kier molecular flexibility index (Phi) is 4.05. The van der Waals surface area contributed by atoms with Gasteiger partial charge in [0.1, 0.15) is 5.69 Å². The van der Waals surface area contributed by atoms with Gasteiger partial charge >= 0.3 is 0 Å². The molecule has 26 heavy (non-hydrogen) atoms. The van der Waals surface area contributed by atoms with Crippen molar-refractivity contribution in [3.8, 4) is 28.5 Å². The first-order valence-corrected chi connectivity index (χ1v) is 8.21. The number of aryl methyl sites for hydroxylation is 1. The van der Waals surface area contributed by atoms with Crippen LogP contribution in [-0.2, 0) is 0 Å². The van der Waals surface area contributed by atoms with Gasteiger partial charge in [-0.25, -0.2) is 19.3 Å². The molecule has 0 spiro atoms. The smallest absolute Gasteiger partial charge is 0.179 e. The lowest BCUT2D eigenvalue weighted by atomic mass is 10.0. The number of para-hydroxylation sites is 1. The van der Waals surface area contributed by atoms with Gasteiger partial charge in [-0.2, -0.15) is 0 Å². The van der Waals surface area contributed by atoms with Crippen molar-refractivity contribution in [2.75, 3.05) is 7.11 Å². The number of ether oxygens (including phenoxy) is 1. The minimum absolute atomic E-state index is 0.181. The summed E-state index contributed by atoms with van der Waals surface area (Å²) in [4.78, 5) is 13.8. The standard InChI is InChI=1S/C21H16FN3O/c1-13-7-5-11-17(23-13)21-24-16-10-4-3-8-14(16)20(25-21)15-9-6-12-18(26-2)19(15)22/h3-12H,1-2H3. The Morgan fingerprint density at radius 3 is 2.46 bits per heavy atom. The summed E-state index contributed by atoms with van der Waals surface area (Å²) >= 11 is 0. The highest BCUT2D eigenvalue weighted by Gasteiger charge is 2.17. The van der Waals surface area contributed by atoms with E-state index in [1.54, 1.807) is 18.2 Å². The fraction of sp³-hybridized carbons (Fsp3) is 0.0952. The number of methoxy groups -OCH3 is 1. The molecule has 2 aromatic heterocycles. The third kappa shape index (κ3) is 2.77. The van der Waals surface area contributed by atoms with Crippen molar-refractivity contribution in [3.05, 3.63) is 72.2 Å². The van der Waals surface area contributed by atoms with Crippen LogP contribution in [0.25, 0.3) is 33.7 Å². The van der Waals surface area contributed by atoms with Gasteiger partial charge in [0.15, 0.2) is 17.4 Å². The molecule has 128 valence electrons. The topological polar surface area (TPSA) is 47.9 Å². The van der Waals surface area contributed by atoms with Crippen molar-refractivity contribution in [2.45, 2.75) is 6.92 Å². The summed E-state index contributed by atoms with van der Waals surface area (Å²) in [5.41, 5.74) is 3.15. The average molecular weight is 345 g/mol. The molecule has 4 nitrogen and oxygen atoms in total. The van der Waals surface area contributed by atoms with E-state index in [-0.39, 0.29) is 5.75 Å². The predicted molar refractivity (Wildman–Crippen MR) is 99.5 cm³/mol. The molecule has 0 saturated carbocycles. The molecule has 0 saturated heterocycles. The molecule has 4 rings (SSSR count). The molecule has 5 heteroatoms. The summed E-state index contributed by atoms with van der Waals surface area (Å²) in [6.07, 6.45) is 0. The van der Waals surface area contributed by atoms with Crippen molar-refractivity contribution in [2.24, 2.45) is 0 Å². The molecule has 2 heterocycles. The lowest BCUT2D eigenvalue weighted by Crippen LogP contribution is -1.99. The molecule has 0 radical (unpaired) electrons. The number of pyridine rings is 1. The number of halogens is 1. The van der Waals surface area contributed by atoms with Crippen LogP contribution in [0.5, 0.6) is 5.75 Å². The van der Waals surface area contributed by atoms with Crippen LogP contribution in [0.4, 0.5) is 4.39 Å². The molecule has 0 atom stereocenters. The minimum Gasteiger partial charge on any atom is -0.494 e. The Balaban J connectivity index is 2.03. The van der Waals surface area contributed by atoms with Crippen LogP contribution in [0, 0.1) is 12.7 Å². The highest BCUT2D eigenvalue weighted by Crippen LogP contribution is 2.33. The van der Waals surface area contributed by atoms with E-state index in [1.807, 2.05) is 49.4 Å². The zero-order chi connectivity index (χ0) is 18.1. The van der Waals surface area contributed by atoms with Gasteiger partial charge in [0.25, 0.3) is 0 Å². The average Bonchev–Trinajstić information content (AvgIpc) is 2.67. The number of hydrogen-bond donors (Lipinski definition) is 0. The first-order valence-electron chi connectivity index (χ1n) is 8.21. The zero-order valence-corrected chi connectivity index (χ0v) is 14.4. The number of rotatable bonds is 3. The second-order valence-electron chi connectivity index (χ2n) is 5.90. The molecule has 0 bridgehead atoms. The molecular weight excluding hydrogens is 329 g/mol. The molecule has 0 unspecified atom stereocenters. The van der Waals surface area contributed by atoms with Crippen LogP contribution in [0.2, 0.25) is 0 Å². The lowest BCUT2D eigenvalue weighted by molar-refractivity contribution is 0.387. The molecule has 0 fully saturated rings. The van der Waals surface area contributed by atoms with Crippen molar-refractivity contribution < 1.29 is 9.13 Å². The van der Waals surface area contributed by atoms with Crippen LogP contribution >= 0.6 is 0 Å². The highest BCUT2D eigenvalue weighted by molar-refractivity contribution is 5.93. The van der Waals surface area contributed by atoms with Crippen molar-refractivity contribution in [1.29, 1.82) is 0 Å². The van der Waals surface area contributed by atoms with Crippen LogP contribution in [-0.4, -0.2) is 22.1 Å². The lowest BCUT2D eigenvalue weighted by Gasteiger charge is -2.11. The molecule has 0 aliphatic rings. The van der Waals surface area contributed by atoms with E-state index in [9.17, 15) is 4.39 Å². The maximum absolute atomic E-state index is 14.9. The number of hydrogen-bond acceptors (Lipinski definition) is 4. The van der Waals surface area contributed by atoms with Crippen LogP contribution in [0.15, 0.2) is 60.7 Å². The van der Waals surface area contributed by atoms with Gasteiger partial charge in [0.2, 0.25) is 0 Å². The van der Waals surface area contributed by atoms with E-state index in [4.69, 9.17) is 4.74 Å². The number of aromatic nitrogens is 3. The Hall–Kier alpha value is -3.34. The van der Waals surface area contributed by atoms with Crippen molar-refractivity contribution >= 4 is 10.9 Å². The fourth-order valence-electron chi connectivity index (χ4n) is 2.92. The second kappa shape index (κ2) is 6.52. The van der Waals surface area contributed by atoms with E-state index in [0.29, 0.717) is 22.8 Å². The summed E-state index contributed by atoms with van der Waals surface area (Å²) in [6, 6.07) is 18.3. The van der Waals surface area contributed by atoms with Crippen molar-refractivity contribution in [1.82, 2.24) is 15.0 Å². The van der Waals surface area contributed by atoms with Crippen LogP contribution < -0.4 is 4.74 Å². The second-order valence-corrected chi connectivity index (χ2v) is 5.90. The first-order chi connectivity index (χ1) is 12.7. The normalized spacial score (nSPS) is 10.9. The van der Waals surface area contributed by atoms with Gasteiger partial charge in [-0.05, 0) is 37.3 Å². The van der Waals surface area contributed by atoms with Crippen LogP contribution in [0.1, 0.15) is 5.69 Å². The maximum atomic E-state index is 14.9. The number of benzene rings is 2. The van der Waals surface area contributed by atoms with E-state index < -0.39 is 5.82 Å². The van der Waals surface area contributed by atoms with E-state index in [1.165, 1.54) is 7.11 Å². The molecule has 2 aromatic carbocycles.